The van der Waals surface area contributed by atoms with Gasteiger partial charge in [0.25, 0.3) is 0 Å². The van der Waals surface area contributed by atoms with E-state index >= 15 is 0 Å². The van der Waals surface area contributed by atoms with Crippen molar-refractivity contribution in [3.63, 3.8) is 0 Å². The molecule has 0 spiro atoms. The largest absolute Gasteiger partial charge is 0.481 e. The Bertz CT molecular complexity index is 433. The minimum Gasteiger partial charge on any atom is -0.481 e. The van der Waals surface area contributed by atoms with Gasteiger partial charge in [0.05, 0.1) is 12.0 Å². The van der Waals surface area contributed by atoms with Gasteiger partial charge < -0.3 is 10.1 Å². The third-order valence-electron chi connectivity index (χ3n) is 3.03. The molecule has 6 nitrogen and oxygen atoms in total. The number of aromatic nitrogens is 1. The normalized spacial score (nSPS) is 14.3. The van der Waals surface area contributed by atoms with Gasteiger partial charge in [-0.3, -0.25) is 10.1 Å². The lowest BCUT2D eigenvalue weighted by Crippen LogP contribution is -2.07. The highest BCUT2D eigenvalue weighted by Gasteiger charge is 2.20. The fraction of sp³-hybridized carbons (Fsp3) is 0.583. The molecule has 0 aliphatic heterocycles. The Balaban J connectivity index is 1.95. The fourth-order valence-corrected chi connectivity index (χ4v) is 1.83. The molecule has 1 aromatic heterocycles. The Morgan fingerprint density at radius 3 is 2.94 bits per heavy atom. The molecule has 0 bridgehead atoms. The maximum atomic E-state index is 10.9. The molecule has 1 aliphatic rings. The summed E-state index contributed by atoms with van der Waals surface area (Å²) in [4.78, 5) is 14.5. The highest BCUT2D eigenvalue weighted by molar-refractivity contribution is 5.56. The molecule has 0 aromatic carbocycles. The van der Waals surface area contributed by atoms with Gasteiger partial charge in [-0.15, -0.1) is 0 Å². The van der Waals surface area contributed by atoms with E-state index in [0.29, 0.717) is 12.4 Å². The quantitative estimate of drug-likeness (QED) is 0.458. The first-order chi connectivity index (χ1) is 8.70. The Morgan fingerprint density at radius 1 is 1.56 bits per heavy atom. The molecule has 0 unspecified atom stereocenters. The number of ether oxygens (including phenoxy) is 1. The van der Waals surface area contributed by atoms with Crippen molar-refractivity contribution in [3.8, 4) is 5.88 Å². The molecule has 1 saturated carbocycles. The van der Waals surface area contributed by atoms with Gasteiger partial charge in [0, 0.05) is 18.7 Å². The van der Waals surface area contributed by atoms with Crippen molar-refractivity contribution >= 4 is 11.5 Å². The number of rotatable bonds is 7. The number of nitrogens with zero attached hydrogens (tertiary/aromatic N) is 2. The van der Waals surface area contributed by atoms with E-state index in [0.717, 1.165) is 12.3 Å². The monoisotopic (exact) mass is 251 g/mol. The molecule has 1 aromatic rings. The summed E-state index contributed by atoms with van der Waals surface area (Å²) in [5, 5.41) is 13.9. The lowest BCUT2D eigenvalue weighted by molar-refractivity contribution is -0.384. The van der Waals surface area contributed by atoms with Crippen molar-refractivity contribution in [3.05, 3.63) is 22.2 Å². The Morgan fingerprint density at radius 2 is 2.33 bits per heavy atom. The molecule has 6 heteroatoms. The van der Waals surface area contributed by atoms with E-state index < -0.39 is 4.92 Å². The SMILES string of the molecule is COc1ccc([N+](=O)[O-])c(NCCCC2CC2)n1. The van der Waals surface area contributed by atoms with E-state index in [4.69, 9.17) is 4.74 Å². The van der Waals surface area contributed by atoms with Crippen molar-refractivity contribution in [2.75, 3.05) is 19.0 Å². The van der Waals surface area contributed by atoms with E-state index in [1.165, 1.54) is 38.5 Å². The minimum atomic E-state index is -0.435. The second kappa shape index (κ2) is 5.66. The number of methoxy groups -OCH3 is 1. The van der Waals surface area contributed by atoms with E-state index in [9.17, 15) is 10.1 Å². The van der Waals surface area contributed by atoms with Gasteiger partial charge >= 0.3 is 5.69 Å². The van der Waals surface area contributed by atoms with E-state index in [-0.39, 0.29) is 11.5 Å². The third kappa shape index (κ3) is 3.32. The third-order valence-corrected chi connectivity index (χ3v) is 3.03. The summed E-state index contributed by atoms with van der Waals surface area (Å²) < 4.78 is 4.97. The van der Waals surface area contributed by atoms with Gasteiger partial charge in [0.2, 0.25) is 11.7 Å². The van der Waals surface area contributed by atoms with Gasteiger partial charge in [-0.25, -0.2) is 0 Å². The van der Waals surface area contributed by atoms with Crippen LogP contribution in [0.5, 0.6) is 5.88 Å². The summed E-state index contributed by atoms with van der Waals surface area (Å²) in [5.41, 5.74) is -0.0118. The first kappa shape index (κ1) is 12.6. The number of anilines is 1. The Labute approximate surface area is 106 Å². The summed E-state index contributed by atoms with van der Waals surface area (Å²) in [6.45, 7) is 0.706. The lowest BCUT2D eigenvalue weighted by Gasteiger charge is -2.07. The molecule has 0 radical (unpaired) electrons. The number of pyridine rings is 1. The first-order valence-corrected chi connectivity index (χ1v) is 6.14. The number of nitro groups is 1. The molecule has 18 heavy (non-hydrogen) atoms. The van der Waals surface area contributed by atoms with Crippen LogP contribution in [-0.4, -0.2) is 23.6 Å². The lowest BCUT2D eigenvalue weighted by atomic mass is 10.2. The topological polar surface area (TPSA) is 77.3 Å². The summed E-state index contributed by atoms with van der Waals surface area (Å²) in [6, 6.07) is 2.91. The molecule has 1 fully saturated rings. The van der Waals surface area contributed by atoms with Crippen molar-refractivity contribution in [1.29, 1.82) is 0 Å². The molecule has 1 heterocycles. The standard InChI is InChI=1S/C12H17N3O3/c1-18-11-7-6-10(15(16)17)12(14-11)13-8-2-3-9-4-5-9/h6-7,9H,2-5,8H2,1H3,(H,13,14). The molecular formula is C12H17N3O3. The van der Waals surface area contributed by atoms with Crippen molar-refractivity contribution < 1.29 is 9.66 Å². The van der Waals surface area contributed by atoms with Gasteiger partial charge in [-0.05, 0) is 18.8 Å². The number of nitrogens with one attached hydrogen (secondary N) is 1. The van der Waals surface area contributed by atoms with Crippen LogP contribution in [0.15, 0.2) is 12.1 Å². The van der Waals surface area contributed by atoms with E-state index in [1.54, 1.807) is 0 Å². The minimum absolute atomic E-state index is 0.0118. The molecule has 0 saturated heterocycles. The second-order valence-corrected chi connectivity index (χ2v) is 4.49. The highest BCUT2D eigenvalue weighted by atomic mass is 16.6. The van der Waals surface area contributed by atoms with Crippen molar-refractivity contribution in [1.82, 2.24) is 4.98 Å². The molecule has 0 atom stereocenters. The van der Waals surface area contributed by atoms with E-state index in [1.807, 2.05) is 0 Å². The van der Waals surface area contributed by atoms with Crippen molar-refractivity contribution in [2.24, 2.45) is 5.92 Å². The maximum Gasteiger partial charge on any atom is 0.311 e. The summed E-state index contributed by atoms with van der Waals surface area (Å²) >= 11 is 0. The summed E-state index contributed by atoms with van der Waals surface area (Å²) in [7, 11) is 1.49. The fourth-order valence-electron chi connectivity index (χ4n) is 1.83. The van der Waals surface area contributed by atoms with Crippen LogP contribution in [0.4, 0.5) is 11.5 Å². The molecule has 1 aliphatic carbocycles. The van der Waals surface area contributed by atoms with E-state index in [2.05, 4.69) is 10.3 Å². The van der Waals surface area contributed by atoms with Gasteiger partial charge in [0.15, 0.2) is 0 Å². The number of hydrogen-bond donors (Lipinski definition) is 1. The summed E-state index contributed by atoms with van der Waals surface area (Å²) in [6.07, 6.45) is 4.86. The van der Waals surface area contributed by atoms with Crippen LogP contribution in [0.1, 0.15) is 25.7 Å². The molecule has 98 valence electrons. The zero-order valence-electron chi connectivity index (χ0n) is 10.4. The van der Waals surface area contributed by atoms with Crippen LogP contribution in [-0.2, 0) is 0 Å². The molecule has 2 rings (SSSR count). The zero-order valence-corrected chi connectivity index (χ0v) is 10.4. The average molecular weight is 251 g/mol. The smallest absolute Gasteiger partial charge is 0.311 e. The molecule has 0 amide bonds. The van der Waals surface area contributed by atoms with Gasteiger partial charge in [-0.1, -0.05) is 12.8 Å². The predicted molar refractivity (Wildman–Crippen MR) is 67.9 cm³/mol. The predicted octanol–water partition coefficient (Wildman–Crippen LogP) is 2.60. The molecule has 1 N–H and O–H groups in total. The first-order valence-electron chi connectivity index (χ1n) is 6.14. The van der Waals surface area contributed by atoms with Crippen LogP contribution < -0.4 is 10.1 Å². The second-order valence-electron chi connectivity index (χ2n) is 4.49. The number of hydrogen-bond acceptors (Lipinski definition) is 5. The van der Waals surface area contributed by atoms with Crippen molar-refractivity contribution in [2.45, 2.75) is 25.7 Å². The van der Waals surface area contributed by atoms with Crippen LogP contribution >= 0.6 is 0 Å². The maximum absolute atomic E-state index is 10.9. The van der Waals surface area contributed by atoms with Gasteiger partial charge in [-0.2, -0.15) is 4.98 Å². The average Bonchev–Trinajstić information content (AvgIpc) is 3.18. The van der Waals surface area contributed by atoms with Crippen LogP contribution in [0, 0.1) is 16.0 Å². The summed E-state index contributed by atoms with van der Waals surface area (Å²) in [5.74, 6) is 1.54. The Kier molecular flexibility index (Phi) is 3.96. The Hall–Kier alpha value is -1.85. The van der Waals surface area contributed by atoms with Crippen LogP contribution in [0.3, 0.4) is 0 Å². The van der Waals surface area contributed by atoms with Crippen LogP contribution in [0.25, 0.3) is 0 Å². The molecular weight excluding hydrogens is 234 g/mol. The zero-order chi connectivity index (χ0) is 13.0. The van der Waals surface area contributed by atoms with Crippen LogP contribution in [0.2, 0.25) is 0 Å². The van der Waals surface area contributed by atoms with Gasteiger partial charge in [0.1, 0.15) is 0 Å². The highest BCUT2D eigenvalue weighted by Crippen LogP contribution is 2.33.